The van der Waals surface area contributed by atoms with E-state index in [1.807, 2.05) is 0 Å². The molecule has 0 bridgehead atoms. The largest absolute Gasteiger partial charge is 0.505 e. The fourth-order valence-corrected chi connectivity index (χ4v) is 8.64. The van der Waals surface area contributed by atoms with Gasteiger partial charge in [0, 0.05) is 49.0 Å². The molecule has 51 heavy (non-hydrogen) atoms. The number of ether oxygens (including phenoxy) is 2. The fraction of sp³-hybridized carbons (Fsp3) is 0.405. The lowest BCUT2D eigenvalue weighted by Gasteiger charge is -2.58. The Hall–Kier alpha value is -5.53. The quantitative estimate of drug-likeness (QED) is 0.298. The van der Waals surface area contributed by atoms with Gasteiger partial charge in [-0.05, 0) is 43.1 Å². The van der Waals surface area contributed by atoms with Crippen molar-refractivity contribution >= 4 is 22.6 Å². The Balaban J connectivity index is 1.34. The normalized spacial score (nSPS) is 24.3. The van der Waals surface area contributed by atoms with Crippen LogP contribution in [0.15, 0.2) is 67.5 Å². The summed E-state index contributed by atoms with van der Waals surface area (Å²) in [6.07, 6.45) is 1.68. The maximum absolute atomic E-state index is 14.9. The third kappa shape index (κ3) is 4.44. The molecule has 2 aromatic heterocycles. The molecule has 0 amide bonds. The minimum absolute atomic E-state index is 0.00146. The lowest BCUT2D eigenvalue weighted by molar-refractivity contribution is -0.151. The van der Waals surface area contributed by atoms with Crippen LogP contribution in [0.5, 0.6) is 17.2 Å². The Kier molecular flexibility index (Phi) is 7.66. The molecule has 1 fully saturated rings. The fourth-order valence-electron chi connectivity index (χ4n) is 8.64. The third-order valence-corrected chi connectivity index (χ3v) is 11.7. The zero-order valence-corrected chi connectivity index (χ0v) is 29.4. The number of phenols is 1. The molecule has 1 saturated carbocycles. The molecule has 4 aromatic rings. The van der Waals surface area contributed by atoms with E-state index in [-0.39, 0.29) is 48.8 Å². The van der Waals surface area contributed by atoms with Gasteiger partial charge >= 0.3 is 11.4 Å². The van der Waals surface area contributed by atoms with Gasteiger partial charge in [-0.1, -0.05) is 32.1 Å². The topological polar surface area (TPSA) is 157 Å². The number of benzene rings is 2. The van der Waals surface area contributed by atoms with Crippen molar-refractivity contribution in [2.24, 2.45) is 17.9 Å². The SMILES string of the molecule is COc1cc2nc(CCn3c(=O)n4n(c3=O)[C@@H]3C[C@@]5(C)C(=O)C(C)=C(C)C(=O)[C@@]5(C)[C@@H](c5cccc(F)c5O)C3=CC4)c(=O)n(C)c2cc1OC. The van der Waals surface area contributed by atoms with Gasteiger partial charge in [0.2, 0.25) is 0 Å². The van der Waals surface area contributed by atoms with Gasteiger partial charge in [-0.3, -0.25) is 14.4 Å². The summed E-state index contributed by atoms with van der Waals surface area (Å²) in [4.78, 5) is 74.6. The Labute approximate surface area is 290 Å². The number of halogens is 1. The number of ketones is 2. The second kappa shape index (κ2) is 11.5. The molecule has 0 radical (unpaired) electrons. The van der Waals surface area contributed by atoms with Gasteiger partial charge in [0.1, 0.15) is 5.69 Å². The van der Waals surface area contributed by atoms with Crippen molar-refractivity contribution in [2.75, 3.05) is 14.2 Å². The molecule has 2 aliphatic carbocycles. The molecular formula is C37H38FN5O8. The van der Waals surface area contributed by atoms with E-state index < -0.39 is 51.3 Å². The first-order valence-corrected chi connectivity index (χ1v) is 16.6. The minimum atomic E-state index is -1.45. The molecule has 13 nitrogen and oxygen atoms in total. The van der Waals surface area contributed by atoms with E-state index in [1.165, 1.54) is 40.3 Å². The van der Waals surface area contributed by atoms with Crippen LogP contribution < -0.4 is 26.4 Å². The molecule has 7 rings (SSSR count). The number of methoxy groups -OCH3 is 2. The Morgan fingerprint density at radius 1 is 0.980 bits per heavy atom. The lowest BCUT2D eigenvalue weighted by Crippen LogP contribution is -2.61. The van der Waals surface area contributed by atoms with Crippen molar-refractivity contribution in [3.8, 4) is 17.2 Å². The van der Waals surface area contributed by atoms with Gasteiger partial charge in [0.05, 0.1) is 43.3 Å². The van der Waals surface area contributed by atoms with Gasteiger partial charge in [-0.25, -0.2) is 32.9 Å². The molecule has 0 unspecified atom stereocenters. The van der Waals surface area contributed by atoms with Crippen LogP contribution in [-0.2, 0) is 36.1 Å². The van der Waals surface area contributed by atoms with Crippen molar-refractivity contribution in [3.63, 3.8) is 0 Å². The minimum Gasteiger partial charge on any atom is -0.505 e. The monoisotopic (exact) mass is 699 g/mol. The highest BCUT2D eigenvalue weighted by atomic mass is 19.1. The predicted octanol–water partition coefficient (Wildman–Crippen LogP) is 3.33. The Morgan fingerprint density at radius 3 is 2.33 bits per heavy atom. The second-order valence-corrected chi connectivity index (χ2v) is 14.0. The first-order chi connectivity index (χ1) is 24.1. The average molecular weight is 700 g/mol. The summed E-state index contributed by atoms with van der Waals surface area (Å²) >= 11 is 0. The first kappa shape index (κ1) is 33.9. The van der Waals surface area contributed by atoms with Crippen LogP contribution in [0.3, 0.4) is 0 Å². The molecule has 3 aliphatic rings. The molecule has 0 saturated heterocycles. The van der Waals surface area contributed by atoms with Crippen LogP contribution in [-0.4, -0.2) is 54.4 Å². The van der Waals surface area contributed by atoms with Gasteiger partial charge in [-0.2, -0.15) is 0 Å². The number of phenolic OH excluding ortho intramolecular Hbond substituents is 1. The highest BCUT2D eigenvalue weighted by Gasteiger charge is 2.67. The van der Waals surface area contributed by atoms with Gasteiger partial charge in [0.25, 0.3) is 5.56 Å². The maximum atomic E-state index is 14.9. The summed E-state index contributed by atoms with van der Waals surface area (Å²) in [6, 6.07) is 6.45. The van der Waals surface area contributed by atoms with E-state index in [2.05, 4.69) is 4.98 Å². The number of hydrogen-bond donors (Lipinski definition) is 1. The molecule has 3 heterocycles. The van der Waals surface area contributed by atoms with E-state index in [0.29, 0.717) is 39.3 Å². The third-order valence-electron chi connectivity index (χ3n) is 11.7. The number of fused-ring (bicyclic) bond motifs is 5. The summed E-state index contributed by atoms with van der Waals surface area (Å²) in [7, 11) is 4.56. The zero-order chi connectivity index (χ0) is 36.9. The lowest BCUT2D eigenvalue weighted by atomic mass is 9.43. The van der Waals surface area contributed by atoms with Crippen LogP contribution in [0.25, 0.3) is 11.0 Å². The number of rotatable bonds is 6. The number of carbonyl (C=O) groups is 2. The first-order valence-electron chi connectivity index (χ1n) is 16.6. The summed E-state index contributed by atoms with van der Waals surface area (Å²) in [5.74, 6) is -2.29. The van der Waals surface area contributed by atoms with Gasteiger partial charge in [-0.15, -0.1) is 0 Å². The number of nitrogens with zero attached hydrogens (tertiary/aromatic N) is 5. The van der Waals surface area contributed by atoms with Gasteiger partial charge < -0.3 is 19.1 Å². The number of carbonyl (C=O) groups excluding carboxylic acids is 2. The van der Waals surface area contributed by atoms with E-state index in [1.54, 1.807) is 53.0 Å². The van der Waals surface area contributed by atoms with E-state index >= 15 is 0 Å². The molecule has 1 aliphatic heterocycles. The van der Waals surface area contributed by atoms with E-state index in [4.69, 9.17) is 9.47 Å². The van der Waals surface area contributed by atoms with Crippen LogP contribution in [0.2, 0.25) is 0 Å². The summed E-state index contributed by atoms with van der Waals surface area (Å²) in [6.45, 7) is 6.31. The van der Waals surface area contributed by atoms with Gasteiger partial charge in [0.15, 0.2) is 34.6 Å². The number of hydrogen-bond acceptors (Lipinski definition) is 9. The standard InChI is InChI=1S/C37H38FN5O8/c1-18-19(2)32(46)37(4)29(21-9-8-10-22(38)30(21)44)20-11-14-42-34(48)41(35(49)43(42)26(20)17-36(37,3)31(18)45)13-12-23-33(47)40(5)25-16-28(51-7)27(50-6)15-24(25)39-23/h8-11,15-16,26,29,44H,12-14,17H2,1-7H3/t26-,29-,36+,37-/m1/s1. The zero-order valence-electron chi connectivity index (χ0n) is 29.4. The second-order valence-electron chi connectivity index (χ2n) is 14.0. The van der Waals surface area contributed by atoms with Crippen molar-refractivity contribution in [1.29, 1.82) is 0 Å². The molecular weight excluding hydrogens is 661 g/mol. The Morgan fingerprint density at radius 2 is 1.65 bits per heavy atom. The van der Waals surface area contributed by atoms with Crippen molar-refractivity contribution in [2.45, 2.75) is 65.6 Å². The number of allylic oxidation sites excluding steroid dienone is 4. The molecule has 4 atom stereocenters. The number of para-hydroxylation sites is 1. The van der Waals surface area contributed by atoms with Crippen molar-refractivity contribution in [3.05, 3.63) is 102 Å². The summed E-state index contributed by atoms with van der Waals surface area (Å²) in [5, 5.41) is 11.1. The van der Waals surface area contributed by atoms with Crippen molar-refractivity contribution < 1.29 is 28.6 Å². The smallest absolute Gasteiger partial charge is 0.347 e. The number of aryl methyl sites for hydroxylation is 2. The van der Waals surface area contributed by atoms with E-state index in [9.17, 15) is 33.5 Å². The van der Waals surface area contributed by atoms with Crippen molar-refractivity contribution in [1.82, 2.24) is 23.5 Å². The summed E-state index contributed by atoms with van der Waals surface area (Å²) < 4.78 is 30.7. The van der Waals surface area contributed by atoms with Crippen LogP contribution >= 0.6 is 0 Å². The predicted molar refractivity (Wildman–Crippen MR) is 184 cm³/mol. The van der Waals surface area contributed by atoms with E-state index in [0.717, 1.165) is 10.6 Å². The maximum Gasteiger partial charge on any atom is 0.347 e. The highest BCUT2D eigenvalue weighted by Crippen LogP contribution is 2.66. The van der Waals surface area contributed by atoms with Crippen LogP contribution in [0.1, 0.15) is 57.3 Å². The summed E-state index contributed by atoms with van der Waals surface area (Å²) in [5.41, 5.74) is -2.24. The highest BCUT2D eigenvalue weighted by molar-refractivity contribution is 6.17. The number of Topliss-reactive ketones (excluding diaryl/α,β-unsaturated/α-hetero) is 2. The molecule has 14 heteroatoms. The molecule has 0 spiro atoms. The number of aromatic nitrogens is 5. The number of aromatic hydroxyl groups is 1. The Bertz CT molecular complexity index is 2470. The molecule has 1 N–H and O–H groups in total. The molecule has 266 valence electrons. The average Bonchev–Trinajstić information content (AvgIpc) is 3.36. The van der Waals surface area contributed by atoms with Crippen LogP contribution in [0.4, 0.5) is 4.39 Å². The molecule has 2 aromatic carbocycles. The van der Waals surface area contributed by atoms with Crippen LogP contribution in [0, 0.1) is 16.6 Å².